The molecule has 1 aromatic carbocycles. The van der Waals surface area contributed by atoms with Crippen LogP contribution in [0.3, 0.4) is 0 Å². The van der Waals surface area contributed by atoms with Crippen LogP contribution in [0.25, 0.3) is 0 Å². The summed E-state index contributed by atoms with van der Waals surface area (Å²) in [4.78, 5) is 26.3. The van der Waals surface area contributed by atoms with Crippen LogP contribution in [0, 0.1) is 0 Å². The number of halogens is 2. The highest BCUT2D eigenvalue weighted by Crippen LogP contribution is 2.30. The normalized spacial score (nSPS) is 14.4. The summed E-state index contributed by atoms with van der Waals surface area (Å²) >= 11 is 1.40. The molecule has 0 bridgehead atoms. The lowest BCUT2D eigenvalue weighted by atomic mass is 9.99. The molecule has 1 atom stereocenters. The Morgan fingerprint density at radius 2 is 1.93 bits per heavy atom. The largest absolute Gasteiger partial charge is 0.448 e. The molecule has 3 rings (SSSR count). The first-order valence-corrected chi connectivity index (χ1v) is 9.43. The number of para-hydroxylation sites is 2. The summed E-state index contributed by atoms with van der Waals surface area (Å²) in [5, 5.41) is 2.45. The van der Waals surface area contributed by atoms with Crippen LogP contribution < -0.4 is 10.1 Å². The molecule has 8 heteroatoms. The minimum atomic E-state index is -3.01. The van der Waals surface area contributed by atoms with Gasteiger partial charge in [-0.05, 0) is 56.4 Å². The minimum absolute atomic E-state index is 0.0808. The number of rotatable bonds is 6. The van der Waals surface area contributed by atoms with E-state index >= 15 is 0 Å². The Morgan fingerprint density at radius 3 is 2.67 bits per heavy atom. The van der Waals surface area contributed by atoms with Gasteiger partial charge >= 0.3 is 12.6 Å². The Hall–Kier alpha value is -2.48. The zero-order chi connectivity index (χ0) is 19.4. The van der Waals surface area contributed by atoms with E-state index < -0.39 is 24.6 Å². The van der Waals surface area contributed by atoms with Crippen molar-refractivity contribution in [3.05, 3.63) is 45.6 Å². The molecule has 1 heterocycles. The van der Waals surface area contributed by atoms with E-state index in [0.29, 0.717) is 4.88 Å². The number of esters is 1. The molecule has 1 aliphatic rings. The van der Waals surface area contributed by atoms with Crippen molar-refractivity contribution in [1.82, 2.24) is 0 Å². The molecule has 0 saturated carbocycles. The van der Waals surface area contributed by atoms with Gasteiger partial charge in [0.1, 0.15) is 10.6 Å². The van der Waals surface area contributed by atoms with Gasteiger partial charge in [-0.2, -0.15) is 8.78 Å². The molecular formula is C19H19F2NO4S. The number of carbonyl (C=O) groups excluding carboxylic acids is 2. The van der Waals surface area contributed by atoms with Crippen molar-refractivity contribution < 1.29 is 27.8 Å². The lowest BCUT2D eigenvalue weighted by Gasteiger charge is -2.15. The Bertz CT molecular complexity index is 813. The molecule has 0 aliphatic heterocycles. The van der Waals surface area contributed by atoms with Crippen LogP contribution in [-0.4, -0.2) is 24.6 Å². The van der Waals surface area contributed by atoms with Crippen LogP contribution in [0.4, 0.5) is 14.5 Å². The van der Waals surface area contributed by atoms with E-state index in [1.807, 2.05) is 6.07 Å². The number of nitrogens with one attached hydrogen (secondary N) is 1. The third-order valence-corrected chi connectivity index (χ3v) is 5.43. The molecule has 0 unspecified atom stereocenters. The van der Waals surface area contributed by atoms with Gasteiger partial charge < -0.3 is 14.8 Å². The Morgan fingerprint density at radius 1 is 1.19 bits per heavy atom. The summed E-state index contributed by atoms with van der Waals surface area (Å²) in [7, 11) is 0. The van der Waals surface area contributed by atoms with Crippen molar-refractivity contribution in [2.24, 2.45) is 0 Å². The first-order valence-electron chi connectivity index (χ1n) is 8.61. The third kappa shape index (κ3) is 4.82. The maximum absolute atomic E-state index is 12.5. The van der Waals surface area contributed by atoms with Gasteiger partial charge in [0, 0.05) is 4.88 Å². The summed E-state index contributed by atoms with van der Waals surface area (Å²) < 4.78 is 34.5. The van der Waals surface area contributed by atoms with E-state index in [-0.39, 0.29) is 11.4 Å². The molecule has 2 aromatic rings. The van der Waals surface area contributed by atoms with Crippen molar-refractivity contribution in [3.63, 3.8) is 0 Å². The van der Waals surface area contributed by atoms with Crippen molar-refractivity contribution >= 4 is 28.9 Å². The Kier molecular flexibility index (Phi) is 6.05. The maximum Gasteiger partial charge on any atom is 0.387 e. The first kappa shape index (κ1) is 19.3. The molecule has 1 aliphatic carbocycles. The number of ether oxygens (including phenoxy) is 2. The fourth-order valence-corrected chi connectivity index (χ4v) is 4.00. The topological polar surface area (TPSA) is 64.6 Å². The summed E-state index contributed by atoms with van der Waals surface area (Å²) in [6.45, 7) is -1.58. The molecule has 144 valence electrons. The van der Waals surface area contributed by atoms with Gasteiger partial charge in [-0.1, -0.05) is 12.1 Å². The molecule has 1 N–H and O–H groups in total. The quantitative estimate of drug-likeness (QED) is 0.736. The van der Waals surface area contributed by atoms with Gasteiger partial charge in [0.15, 0.2) is 6.10 Å². The highest BCUT2D eigenvalue weighted by atomic mass is 32.1. The third-order valence-electron chi connectivity index (χ3n) is 4.21. The number of anilines is 1. The van der Waals surface area contributed by atoms with E-state index in [2.05, 4.69) is 10.1 Å². The van der Waals surface area contributed by atoms with Gasteiger partial charge in [-0.3, -0.25) is 4.79 Å². The predicted molar refractivity (Wildman–Crippen MR) is 97.5 cm³/mol. The molecule has 0 radical (unpaired) electrons. The Balaban J connectivity index is 1.62. The molecule has 0 fully saturated rings. The zero-order valence-electron chi connectivity index (χ0n) is 14.7. The number of thiophene rings is 1. The van der Waals surface area contributed by atoms with Gasteiger partial charge in [-0.15, -0.1) is 11.3 Å². The maximum atomic E-state index is 12.5. The molecule has 1 aromatic heterocycles. The van der Waals surface area contributed by atoms with Crippen LogP contribution in [0.5, 0.6) is 5.75 Å². The summed E-state index contributed by atoms with van der Waals surface area (Å²) in [5.74, 6) is -1.35. The number of hydrogen-bond acceptors (Lipinski definition) is 5. The molecule has 0 saturated heterocycles. The number of aryl methyl sites for hydroxylation is 2. The summed E-state index contributed by atoms with van der Waals surface area (Å²) in [6, 6.07) is 7.65. The van der Waals surface area contributed by atoms with E-state index in [9.17, 15) is 18.4 Å². The first-order chi connectivity index (χ1) is 12.9. The molecule has 1 amide bonds. The van der Waals surface area contributed by atoms with Crippen molar-refractivity contribution in [1.29, 1.82) is 0 Å². The van der Waals surface area contributed by atoms with Crippen molar-refractivity contribution in [2.75, 3.05) is 5.32 Å². The molecule has 0 spiro atoms. The van der Waals surface area contributed by atoms with Crippen LogP contribution in [0.1, 0.15) is 39.9 Å². The minimum Gasteiger partial charge on any atom is -0.448 e. The van der Waals surface area contributed by atoms with Crippen LogP contribution in [0.2, 0.25) is 0 Å². The smallest absolute Gasteiger partial charge is 0.387 e. The zero-order valence-corrected chi connectivity index (χ0v) is 15.5. The van der Waals surface area contributed by atoms with Gasteiger partial charge in [-0.25, -0.2) is 4.79 Å². The van der Waals surface area contributed by atoms with Crippen LogP contribution in [-0.2, 0) is 22.4 Å². The predicted octanol–water partition coefficient (Wildman–Crippen LogP) is 4.41. The fourth-order valence-electron chi connectivity index (χ4n) is 2.87. The Labute approximate surface area is 159 Å². The molecule has 5 nitrogen and oxygen atoms in total. The fraction of sp³-hybridized carbons (Fsp3) is 0.368. The van der Waals surface area contributed by atoms with E-state index in [1.54, 1.807) is 6.07 Å². The second kappa shape index (κ2) is 8.47. The average Bonchev–Trinajstić information content (AvgIpc) is 3.07. The summed E-state index contributed by atoms with van der Waals surface area (Å²) in [5.41, 5.74) is 1.26. The number of carbonyl (C=O) groups is 2. The standard InChI is InChI=1S/C19H19F2NO4S/c1-11(17(23)22-13-7-3-4-8-14(13)26-19(20)21)25-18(24)16-10-12-6-2-5-9-15(12)27-16/h3-4,7-8,10-11,19H,2,5-6,9H2,1H3,(H,22,23)/t11-/m1/s1. The van der Waals surface area contributed by atoms with Gasteiger partial charge in [0.25, 0.3) is 5.91 Å². The number of alkyl halides is 2. The van der Waals surface area contributed by atoms with E-state index in [1.165, 1.54) is 46.9 Å². The van der Waals surface area contributed by atoms with Gasteiger partial charge in [0.05, 0.1) is 5.69 Å². The molecular weight excluding hydrogens is 376 g/mol. The second-order valence-electron chi connectivity index (χ2n) is 6.18. The second-order valence-corrected chi connectivity index (χ2v) is 7.31. The SMILES string of the molecule is C[C@@H](OC(=O)c1cc2c(s1)CCCC2)C(=O)Nc1ccccc1OC(F)F. The number of amides is 1. The summed E-state index contributed by atoms with van der Waals surface area (Å²) in [6.07, 6.45) is 3.05. The average molecular weight is 395 g/mol. The number of benzene rings is 1. The van der Waals surface area contributed by atoms with Crippen molar-refractivity contribution in [3.8, 4) is 5.75 Å². The van der Waals surface area contributed by atoms with Gasteiger partial charge in [0.2, 0.25) is 0 Å². The lowest BCUT2D eigenvalue weighted by Crippen LogP contribution is -2.30. The van der Waals surface area contributed by atoms with Crippen LogP contribution in [0.15, 0.2) is 30.3 Å². The number of fused-ring (bicyclic) bond motifs is 1. The molecule has 27 heavy (non-hydrogen) atoms. The highest BCUT2D eigenvalue weighted by molar-refractivity contribution is 7.14. The lowest BCUT2D eigenvalue weighted by molar-refractivity contribution is -0.123. The highest BCUT2D eigenvalue weighted by Gasteiger charge is 2.23. The monoisotopic (exact) mass is 395 g/mol. The number of hydrogen-bond donors (Lipinski definition) is 1. The van der Waals surface area contributed by atoms with Crippen molar-refractivity contribution in [2.45, 2.75) is 45.3 Å². The van der Waals surface area contributed by atoms with Crippen LogP contribution >= 0.6 is 11.3 Å². The van der Waals surface area contributed by atoms with E-state index in [0.717, 1.165) is 25.7 Å². The van der Waals surface area contributed by atoms with E-state index in [4.69, 9.17) is 4.74 Å².